The summed E-state index contributed by atoms with van der Waals surface area (Å²) in [6.45, 7) is 1.19. The smallest absolute Gasteiger partial charge is 0.0672 e. The number of nitrogens with one attached hydrogen (secondary N) is 2. The van der Waals surface area contributed by atoms with Gasteiger partial charge in [0.25, 0.3) is 0 Å². The Morgan fingerprint density at radius 3 is 2.94 bits per heavy atom. The molecule has 0 aromatic carbocycles. The zero-order chi connectivity index (χ0) is 10.8. The number of aryl methyl sites for hydroxylation is 1. The van der Waals surface area contributed by atoms with Crippen LogP contribution in [0.2, 0.25) is 0 Å². The Bertz CT molecular complexity index is 350. The second kappa shape index (κ2) is 4.58. The van der Waals surface area contributed by atoms with Crippen molar-refractivity contribution in [2.24, 2.45) is 0 Å². The molecule has 1 fully saturated rings. The zero-order valence-corrected chi connectivity index (χ0v) is 9.89. The molecule has 0 amide bonds. The van der Waals surface area contributed by atoms with Gasteiger partial charge in [0.15, 0.2) is 0 Å². The maximum absolute atomic E-state index is 4.53. The van der Waals surface area contributed by atoms with Crippen LogP contribution in [0.3, 0.4) is 0 Å². The van der Waals surface area contributed by atoms with Gasteiger partial charge in [-0.05, 0) is 50.6 Å². The molecule has 0 bridgehead atoms. The lowest BCUT2D eigenvalue weighted by atomic mass is 9.92. The van der Waals surface area contributed by atoms with Crippen LogP contribution in [0.5, 0.6) is 0 Å². The molecule has 1 saturated heterocycles. The van der Waals surface area contributed by atoms with Crippen molar-refractivity contribution in [3.63, 3.8) is 0 Å². The summed E-state index contributed by atoms with van der Waals surface area (Å²) in [7, 11) is 0. The quantitative estimate of drug-likeness (QED) is 0.798. The molecule has 2 aliphatic rings. The van der Waals surface area contributed by atoms with Crippen LogP contribution in [-0.2, 0) is 19.3 Å². The Kier molecular flexibility index (Phi) is 2.96. The first kappa shape index (κ1) is 10.3. The number of aromatic amines is 1. The molecule has 3 heteroatoms. The lowest BCUT2D eigenvalue weighted by Crippen LogP contribution is -2.35. The number of fused-ring (bicyclic) bond motifs is 1. The highest BCUT2D eigenvalue weighted by Crippen LogP contribution is 2.24. The van der Waals surface area contributed by atoms with Crippen molar-refractivity contribution < 1.29 is 0 Å². The fraction of sp³-hybridized carbons (Fsp3) is 0.769. The van der Waals surface area contributed by atoms with E-state index in [4.69, 9.17) is 0 Å². The zero-order valence-electron chi connectivity index (χ0n) is 9.89. The molecule has 3 nitrogen and oxygen atoms in total. The summed E-state index contributed by atoms with van der Waals surface area (Å²) in [5.74, 6) is 0. The molecule has 0 radical (unpaired) electrons. The van der Waals surface area contributed by atoms with Gasteiger partial charge in [-0.3, -0.25) is 5.10 Å². The molecule has 88 valence electrons. The second-order valence-corrected chi connectivity index (χ2v) is 5.19. The first-order chi connectivity index (χ1) is 7.93. The Hall–Kier alpha value is -0.830. The van der Waals surface area contributed by atoms with Crippen LogP contribution in [0.1, 0.15) is 49.1 Å². The van der Waals surface area contributed by atoms with Gasteiger partial charge in [0.05, 0.1) is 5.69 Å². The van der Waals surface area contributed by atoms with Gasteiger partial charge >= 0.3 is 0 Å². The molecular weight excluding hydrogens is 198 g/mol. The van der Waals surface area contributed by atoms with E-state index in [0.29, 0.717) is 6.04 Å². The summed E-state index contributed by atoms with van der Waals surface area (Å²) >= 11 is 0. The Morgan fingerprint density at radius 2 is 2.06 bits per heavy atom. The maximum Gasteiger partial charge on any atom is 0.0672 e. The molecular formula is C13H21N3. The standard InChI is InChI=1S/C13H21N3/c1-2-7-12-11(6-1)13(16-15-12)9-10-5-3-4-8-14-10/h10,14H,1-9H2,(H,15,16). The van der Waals surface area contributed by atoms with E-state index >= 15 is 0 Å². The van der Waals surface area contributed by atoms with Gasteiger partial charge in [-0.15, -0.1) is 0 Å². The molecule has 1 unspecified atom stereocenters. The highest BCUT2D eigenvalue weighted by molar-refractivity contribution is 5.28. The van der Waals surface area contributed by atoms with E-state index in [1.54, 1.807) is 5.56 Å². The predicted molar refractivity (Wildman–Crippen MR) is 64.6 cm³/mol. The molecule has 0 saturated carbocycles. The van der Waals surface area contributed by atoms with Gasteiger partial charge in [-0.25, -0.2) is 0 Å². The molecule has 16 heavy (non-hydrogen) atoms. The van der Waals surface area contributed by atoms with E-state index in [-0.39, 0.29) is 0 Å². The van der Waals surface area contributed by atoms with Gasteiger partial charge in [-0.2, -0.15) is 5.10 Å². The lowest BCUT2D eigenvalue weighted by molar-refractivity contribution is 0.396. The van der Waals surface area contributed by atoms with Crippen LogP contribution in [0, 0.1) is 0 Å². The van der Waals surface area contributed by atoms with E-state index in [1.807, 2.05) is 0 Å². The van der Waals surface area contributed by atoms with Crippen LogP contribution in [0.15, 0.2) is 0 Å². The van der Waals surface area contributed by atoms with E-state index in [2.05, 4.69) is 15.5 Å². The number of H-pyrrole nitrogens is 1. The van der Waals surface area contributed by atoms with Crippen LogP contribution in [0.4, 0.5) is 0 Å². The van der Waals surface area contributed by atoms with Crippen molar-refractivity contribution in [1.82, 2.24) is 15.5 Å². The van der Waals surface area contributed by atoms with Crippen molar-refractivity contribution in [2.45, 2.75) is 57.4 Å². The number of nitrogens with zero attached hydrogens (tertiary/aromatic N) is 1. The van der Waals surface area contributed by atoms with Crippen molar-refractivity contribution in [3.05, 3.63) is 17.0 Å². The molecule has 2 N–H and O–H groups in total. The summed E-state index contributed by atoms with van der Waals surface area (Å²) in [6, 6.07) is 0.670. The number of piperidine rings is 1. The largest absolute Gasteiger partial charge is 0.314 e. The lowest BCUT2D eigenvalue weighted by Gasteiger charge is -2.23. The van der Waals surface area contributed by atoms with Gasteiger partial charge in [0.1, 0.15) is 0 Å². The second-order valence-electron chi connectivity index (χ2n) is 5.19. The van der Waals surface area contributed by atoms with Gasteiger partial charge < -0.3 is 5.32 Å². The number of rotatable bonds is 2. The Balaban J connectivity index is 1.71. The minimum Gasteiger partial charge on any atom is -0.314 e. The minimum absolute atomic E-state index is 0.670. The molecule has 2 heterocycles. The van der Waals surface area contributed by atoms with Crippen LogP contribution in [0.25, 0.3) is 0 Å². The van der Waals surface area contributed by atoms with E-state index in [9.17, 15) is 0 Å². The van der Waals surface area contributed by atoms with E-state index in [1.165, 1.54) is 62.9 Å². The average Bonchev–Trinajstić information content (AvgIpc) is 2.74. The molecule has 0 spiro atoms. The van der Waals surface area contributed by atoms with Crippen LogP contribution in [-0.4, -0.2) is 22.8 Å². The fourth-order valence-corrected chi connectivity index (χ4v) is 3.05. The van der Waals surface area contributed by atoms with Crippen LogP contribution < -0.4 is 5.32 Å². The normalized spacial score (nSPS) is 25.4. The number of hydrogen-bond acceptors (Lipinski definition) is 2. The third-order valence-electron chi connectivity index (χ3n) is 3.99. The highest BCUT2D eigenvalue weighted by Gasteiger charge is 2.20. The third-order valence-corrected chi connectivity index (χ3v) is 3.99. The SMILES string of the molecule is C1CCC(Cc2n[nH]c3c2CCCC3)NC1. The number of aromatic nitrogens is 2. The third kappa shape index (κ3) is 2.01. The fourth-order valence-electron chi connectivity index (χ4n) is 3.05. The molecule has 1 aliphatic carbocycles. The van der Waals surface area contributed by atoms with Crippen LogP contribution >= 0.6 is 0 Å². The van der Waals surface area contributed by atoms with Gasteiger partial charge in [0.2, 0.25) is 0 Å². The summed E-state index contributed by atoms with van der Waals surface area (Å²) < 4.78 is 0. The van der Waals surface area contributed by atoms with Crippen molar-refractivity contribution >= 4 is 0 Å². The monoisotopic (exact) mass is 219 g/mol. The minimum atomic E-state index is 0.670. The maximum atomic E-state index is 4.53. The average molecular weight is 219 g/mol. The summed E-state index contributed by atoms with van der Waals surface area (Å²) in [4.78, 5) is 0. The van der Waals surface area contributed by atoms with E-state index < -0.39 is 0 Å². The van der Waals surface area contributed by atoms with Crippen molar-refractivity contribution in [2.75, 3.05) is 6.54 Å². The summed E-state index contributed by atoms with van der Waals surface area (Å²) in [6.07, 6.45) is 10.3. The van der Waals surface area contributed by atoms with Crippen molar-refractivity contribution in [1.29, 1.82) is 0 Å². The first-order valence-electron chi connectivity index (χ1n) is 6.72. The highest BCUT2D eigenvalue weighted by atomic mass is 15.1. The molecule has 3 rings (SSSR count). The molecule has 1 atom stereocenters. The summed E-state index contributed by atoms with van der Waals surface area (Å²) in [5.41, 5.74) is 4.30. The number of hydrogen-bond donors (Lipinski definition) is 2. The Morgan fingerprint density at radius 1 is 1.12 bits per heavy atom. The molecule has 1 aromatic heterocycles. The Labute approximate surface area is 97.0 Å². The van der Waals surface area contributed by atoms with Gasteiger partial charge in [0, 0.05) is 18.2 Å². The molecule has 1 aromatic rings. The van der Waals surface area contributed by atoms with Gasteiger partial charge in [-0.1, -0.05) is 6.42 Å². The van der Waals surface area contributed by atoms with E-state index in [0.717, 1.165) is 6.42 Å². The first-order valence-corrected chi connectivity index (χ1v) is 6.72. The summed E-state index contributed by atoms with van der Waals surface area (Å²) in [5, 5.41) is 11.4. The predicted octanol–water partition coefficient (Wildman–Crippen LogP) is 1.97. The van der Waals surface area contributed by atoms with Crippen molar-refractivity contribution in [3.8, 4) is 0 Å². The molecule has 1 aliphatic heterocycles. The topological polar surface area (TPSA) is 40.7 Å².